The number of benzene rings is 1. The van der Waals surface area contributed by atoms with Gasteiger partial charge in [0.2, 0.25) is 0 Å². The summed E-state index contributed by atoms with van der Waals surface area (Å²) in [5, 5.41) is 0. The fraction of sp³-hybridized carbons (Fsp3) is 0.533. The minimum absolute atomic E-state index is 0.137. The molecule has 0 N–H and O–H groups in total. The van der Waals surface area contributed by atoms with E-state index in [0.29, 0.717) is 6.61 Å². The molecule has 0 radical (unpaired) electrons. The molecule has 0 saturated carbocycles. The number of hydrogen-bond acceptors (Lipinski definition) is 4. The van der Waals surface area contributed by atoms with Crippen LogP contribution in [-0.4, -0.2) is 32.9 Å². The summed E-state index contributed by atoms with van der Waals surface area (Å²) in [7, 11) is 1.39. The molecule has 1 aliphatic heterocycles. The van der Waals surface area contributed by atoms with Crippen molar-refractivity contribution in [2.24, 2.45) is 5.41 Å². The number of carbonyl (C=O) groups excluding carboxylic acids is 1. The molecule has 5 heteroatoms. The van der Waals surface area contributed by atoms with Crippen LogP contribution in [0.1, 0.15) is 18.9 Å². The van der Waals surface area contributed by atoms with Gasteiger partial charge in [0.05, 0.1) is 43.2 Å². The van der Waals surface area contributed by atoms with E-state index in [1.807, 2.05) is 18.2 Å². The summed E-state index contributed by atoms with van der Waals surface area (Å²) in [4.78, 5) is 11.3. The Labute approximate surface area is 127 Å². The van der Waals surface area contributed by atoms with Crippen LogP contribution >= 0.6 is 15.9 Å². The van der Waals surface area contributed by atoms with Crippen LogP contribution in [-0.2, 0) is 20.7 Å². The van der Waals surface area contributed by atoms with Crippen molar-refractivity contribution in [1.29, 1.82) is 0 Å². The molecule has 1 aromatic carbocycles. The molecule has 0 aliphatic carbocycles. The number of ether oxygens (including phenoxy) is 3. The van der Waals surface area contributed by atoms with Crippen LogP contribution in [0, 0.1) is 5.41 Å². The van der Waals surface area contributed by atoms with Gasteiger partial charge in [0.15, 0.2) is 0 Å². The highest BCUT2D eigenvalue weighted by Gasteiger charge is 2.37. The summed E-state index contributed by atoms with van der Waals surface area (Å²) >= 11 is 3.47. The van der Waals surface area contributed by atoms with Crippen LogP contribution in [0.5, 0.6) is 5.75 Å². The Bertz CT molecular complexity index is 477. The quantitative estimate of drug-likeness (QED) is 0.745. The number of rotatable bonds is 6. The highest BCUT2D eigenvalue weighted by atomic mass is 79.9. The van der Waals surface area contributed by atoms with Crippen LogP contribution < -0.4 is 4.74 Å². The Kier molecular flexibility index (Phi) is 5.05. The Morgan fingerprint density at radius 2 is 2.20 bits per heavy atom. The molecule has 1 saturated heterocycles. The molecule has 2 rings (SSSR count). The number of esters is 1. The molecule has 1 aliphatic rings. The summed E-state index contributed by atoms with van der Waals surface area (Å²) in [6.07, 6.45) is 1.29. The Morgan fingerprint density at radius 1 is 1.45 bits per heavy atom. The van der Waals surface area contributed by atoms with E-state index >= 15 is 0 Å². The van der Waals surface area contributed by atoms with Gasteiger partial charge in [0.1, 0.15) is 5.75 Å². The van der Waals surface area contributed by atoms with Gasteiger partial charge in [-0.15, -0.1) is 0 Å². The first-order chi connectivity index (χ1) is 9.58. The normalized spacial score (nSPS) is 16.4. The van der Waals surface area contributed by atoms with Crippen molar-refractivity contribution in [3.05, 3.63) is 28.2 Å². The third kappa shape index (κ3) is 3.52. The summed E-state index contributed by atoms with van der Waals surface area (Å²) in [6, 6.07) is 5.66. The molecule has 1 heterocycles. The lowest BCUT2D eigenvalue weighted by molar-refractivity contribution is -0.139. The minimum Gasteiger partial charge on any atom is -0.492 e. The molecular weight excluding hydrogens is 324 g/mol. The first-order valence-corrected chi connectivity index (χ1v) is 7.44. The summed E-state index contributed by atoms with van der Waals surface area (Å²) in [6.45, 7) is 4.28. The predicted molar refractivity (Wildman–Crippen MR) is 78.9 cm³/mol. The van der Waals surface area contributed by atoms with Crippen molar-refractivity contribution in [2.75, 3.05) is 26.9 Å². The van der Waals surface area contributed by atoms with E-state index in [-0.39, 0.29) is 17.8 Å². The van der Waals surface area contributed by atoms with Gasteiger partial charge >= 0.3 is 5.97 Å². The van der Waals surface area contributed by atoms with Gasteiger partial charge in [-0.2, -0.15) is 0 Å². The average Bonchev–Trinajstić information content (AvgIpc) is 2.41. The molecule has 0 aromatic heterocycles. The summed E-state index contributed by atoms with van der Waals surface area (Å²) in [5.41, 5.74) is 1.02. The van der Waals surface area contributed by atoms with Gasteiger partial charge in [0, 0.05) is 0 Å². The third-order valence-corrected chi connectivity index (χ3v) is 4.33. The highest BCUT2D eigenvalue weighted by Crippen LogP contribution is 2.34. The van der Waals surface area contributed by atoms with Gasteiger partial charge in [-0.3, -0.25) is 4.79 Å². The lowest BCUT2D eigenvalue weighted by Crippen LogP contribution is -2.46. The van der Waals surface area contributed by atoms with Crippen LogP contribution in [0.15, 0.2) is 22.7 Å². The van der Waals surface area contributed by atoms with Crippen LogP contribution in [0.4, 0.5) is 0 Å². The first-order valence-electron chi connectivity index (χ1n) is 6.64. The number of hydrogen-bond donors (Lipinski definition) is 0. The first kappa shape index (κ1) is 15.3. The van der Waals surface area contributed by atoms with Gasteiger partial charge < -0.3 is 14.2 Å². The largest absolute Gasteiger partial charge is 0.492 e. The second kappa shape index (κ2) is 6.59. The van der Waals surface area contributed by atoms with E-state index in [0.717, 1.165) is 35.4 Å². The standard InChI is InChI=1S/C15H19BrO4/c1-3-15(8-19-9-15)10-20-13-6-11(4-5-12(13)16)7-14(17)18-2/h4-6H,3,7-10H2,1-2H3. The zero-order valence-electron chi connectivity index (χ0n) is 11.8. The minimum atomic E-state index is -0.254. The monoisotopic (exact) mass is 342 g/mol. The molecular formula is C15H19BrO4. The zero-order valence-corrected chi connectivity index (χ0v) is 13.4. The van der Waals surface area contributed by atoms with E-state index in [4.69, 9.17) is 9.47 Å². The third-order valence-electron chi connectivity index (χ3n) is 3.67. The van der Waals surface area contributed by atoms with Gasteiger partial charge in [-0.1, -0.05) is 13.0 Å². The van der Waals surface area contributed by atoms with E-state index in [1.165, 1.54) is 7.11 Å². The van der Waals surface area contributed by atoms with Crippen molar-refractivity contribution in [3.8, 4) is 5.75 Å². The zero-order chi connectivity index (χ0) is 14.6. The van der Waals surface area contributed by atoms with E-state index in [9.17, 15) is 4.79 Å². The number of methoxy groups -OCH3 is 1. The molecule has 4 nitrogen and oxygen atoms in total. The molecule has 0 atom stereocenters. The van der Waals surface area contributed by atoms with Crippen molar-refractivity contribution >= 4 is 21.9 Å². The predicted octanol–water partition coefficient (Wildman–Crippen LogP) is 2.97. The molecule has 20 heavy (non-hydrogen) atoms. The molecule has 0 amide bonds. The highest BCUT2D eigenvalue weighted by molar-refractivity contribution is 9.10. The van der Waals surface area contributed by atoms with Crippen LogP contribution in [0.25, 0.3) is 0 Å². The second-order valence-corrected chi connectivity index (χ2v) is 6.01. The van der Waals surface area contributed by atoms with E-state index in [1.54, 1.807) is 0 Å². The fourth-order valence-electron chi connectivity index (χ4n) is 2.02. The second-order valence-electron chi connectivity index (χ2n) is 5.15. The SMILES string of the molecule is CCC1(COc2cc(CC(=O)OC)ccc2Br)COC1. The lowest BCUT2D eigenvalue weighted by Gasteiger charge is -2.40. The Balaban J connectivity index is 2.03. The number of halogens is 1. The molecule has 1 fully saturated rings. The Morgan fingerprint density at radius 3 is 2.75 bits per heavy atom. The number of carbonyl (C=O) groups is 1. The van der Waals surface area contributed by atoms with Gasteiger partial charge in [-0.25, -0.2) is 0 Å². The molecule has 1 aromatic rings. The summed E-state index contributed by atoms with van der Waals surface area (Å²) in [5.74, 6) is 0.502. The van der Waals surface area contributed by atoms with E-state index in [2.05, 4.69) is 27.6 Å². The average molecular weight is 343 g/mol. The molecule has 110 valence electrons. The van der Waals surface area contributed by atoms with Gasteiger partial charge in [-0.05, 0) is 40.0 Å². The van der Waals surface area contributed by atoms with Crippen molar-refractivity contribution in [1.82, 2.24) is 0 Å². The Hall–Kier alpha value is -1.07. The van der Waals surface area contributed by atoms with E-state index < -0.39 is 0 Å². The van der Waals surface area contributed by atoms with Crippen LogP contribution in [0.2, 0.25) is 0 Å². The summed E-state index contributed by atoms with van der Waals surface area (Å²) < 4.78 is 16.8. The molecule has 0 unspecified atom stereocenters. The maximum Gasteiger partial charge on any atom is 0.309 e. The lowest BCUT2D eigenvalue weighted by atomic mass is 9.84. The maximum absolute atomic E-state index is 11.3. The van der Waals surface area contributed by atoms with Crippen LogP contribution in [0.3, 0.4) is 0 Å². The molecule has 0 bridgehead atoms. The molecule has 0 spiro atoms. The fourth-order valence-corrected chi connectivity index (χ4v) is 2.38. The van der Waals surface area contributed by atoms with Gasteiger partial charge in [0.25, 0.3) is 0 Å². The topological polar surface area (TPSA) is 44.8 Å². The van der Waals surface area contributed by atoms with Crippen molar-refractivity contribution in [2.45, 2.75) is 19.8 Å². The van der Waals surface area contributed by atoms with Crippen molar-refractivity contribution in [3.63, 3.8) is 0 Å². The maximum atomic E-state index is 11.3. The smallest absolute Gasteiger partial charge is 0.309 e. The van der Waals surface area contributed by atoms with Crippen molar-refractivity contribution < 1.29 is 19.0 Å².